The number of esters is 5. The maximum absolute atomic E-state index is 15.2. The first-order valence-corrected chi connectivity index (χ1v) is 47.2. The van der Waals surface area contributed by atoms with E-state index < -0.39 is 167 Å². The Morgan fingerprint density at radius 1 is 0.399 bits per heavy atom. The number of nitrogens with two attached hydrogens (primary N) is 2. The van der Waals surface area contributed by atoms with Crippen LogP contribution < -0.4 is 16.8 Å². The van der Waals surface area contributed by atoms with Crippen molar-refractivity contribution in [1.82, 2.24) is 54.7 Å². The zero-order chi connectivity index (χ0) is 102. The van der Waals surface area contributed by atoms with E-state index in [0.717, 1.165) is 26.8 Å². The quantitative estimate of drug-likeness (QED) is 0.0130. The van der Waals surface area contributed by atoms with Crippen molar-refractivity contribution in [3.05, 3.63) is 118 Å². The largest absolute Gasteiger partial charge is 0.461 e. The van der Waals surface area contributed by atoms with Gasteiger partial charge in [-0.3, -0.25) is 57.6 Å². The van der Waals surface area contributed by atoms with Crippen molar-refractivity contribution in [2.24, 2.45) is 17.4 Å². The van der Waals surface area contributed by atoms with Gasteiger partial charge in [-0.15, -0.1) is 0 Å². The predicted molar refractivity (Wildman–Crippen MR) is 509 cm³/mol. The number of carbonyl (C=O) groups excluding carboxylic acids is 13. The number of fused-ring (bicyclic) bond motifs is 4. The fourth-order valence-electron chi connectivity index (χ4n) is 18.7. The molecular weight excluding hydrogens is 1790 g/mol. The number of nitrogens with one attached hydrogen (secondary N) is 5. The Bertz CT molecular complexity index is 5510. The molecule has 8 aromatic rings. The highest BCUT2D eigenvalue weighted by Crippen LogP contribution is 2.44. The molecule has 0 radical (unpaired) electrons. The van der Waals surface area contributed by atoms with Crippen LogP contribution in [-0.4, -0.2) is 263 Å². The van der Waals surface area contributed by atoms with Gasteiger partial charge in [-0.05, 0) is 223 Å². The minimum Gasteiger partial charge on any atom is -0.461 e. The maximum Gasteiger partial charge on any atom is 0.410 e. The molecule has 14 atom stereocenters. The Morgan fingerprint density at radius 2 is 0.674 bits per heavy atom. The lowest BCUT2D eigenvalue weighted by Gasteiger charge is -2.31. The number of Topliss-reactive ketones (excluding diaryl/α,β-unsaturated/α-hetero) is 1. The summed E-state index contributed by atoms with van der Waals surface area (Å²) in [7, 11) is 2.89. The van der Waals surface area contributed by atoms with Crippen LogP contribution in [0.5, 0.6) is 0 Å². The number of carbonyl (C=O) groups is 13. The fraction of sp³-hybridized carbons (Fsp3) is 0.554. The first-order valence-electron chi connectivity index (χ1n) is 47.2. The van der Waals surface area contributed by atoms with Crippen LogP contribution in [0.1, 0.15) is 219 Å². The Balaban J connectivity index is 0.000000281. The van der Waals surface area contributed by atoms with Gasteiger partial charge in [-0.1, -0.05) is 27.7 Å². The number of aromatic nitrogens is 4. The molecular formula is C101H135F4N13O20. The third kappa shape index (κ3) is 26.9. The van der Waals surface area contributed by atoms with Crippen LogP contribution in [0, 0.1) is 29.2 Å². The molecule has 9 N–H and O–H groups in total. The van der Waals surface area contributed by atoms with E-state index in [4.69, 9.17) is 44.6 Å². The first-order chi connectivity index (χ1) is 64.6. The molecule has 4 aliphatic heterocycles. The van der Waals surface area contributed by atoms with E-state index in [2.05, 4.69) is 25.3 Å². The summed E-state index contributed by atoms with van der Waals surface area (Å²) in [6.07, 6.45) is -0.793. The SMILES string of the molecule is CC(=O)OC(C)(C)C.CC[C@H](CC(=O)[C@H](C)N(C)C(=O)OC(C)(C)C)C(=O)N1C[C@@H](OC(C)=O)C[C@H]1Cc1c(-c2[nH]c3cc(F)ccc3c2C[C@@H]2C[C@H](OC(C)=O)CN2C(=O)[C@H](CC)NC(=O)[C@H](C)N(C)C(=O)OC(C)(C)C)[nH]c2cc(F)ccc12.CC[C@H](N)C(=O)N1C[C@@H](OC(C)=O)C[C@H]1Cc1c(-c2[nH]c3cc(F)ccc3c2C[C@@H]2C[C@H](OC(C)=O)CN2C(=O)[C@@H](N)CC)[nH]c2cc(F)ccc12. The van der Waals surface area contributed by atoms with Gasteiger partial charge in [0.1, 0.15) is 76.6 Å². The van der Waals surface area contributed by atoms with Gasteiger partial charge in [0.2, 0.25) is 29.5 Å². The van der Waals surface area contributed by atoms with Crippen LogP contribution in [0.15, 0.2) is 72.8 Å². The number of benzene rings is 4. The Labute approximate surface area is 801 Å². The van der Waals surface area contributed by atoms with E-state index in [1.807, 2.05) is 34.6 Å². The Hall–Kier alpha value is -12.4. The van der Waals surface area contributed by atoms with E-state index >= 15 is 8.78 Å². The number of amides is 7. The molecule has 0 aliphatic carbocycles. The Morgan fingerprint density at radius 3 is 0.920 bits per heavy atom. The predicted octanol–water partition coefficient (Wildman–Crippen LogP) is 13.7. The summed E-state index contributed by atoms with van der Waals surface area (Å²) in [5.41, 5.74) is 17.3. The lowest BCUT2D eigenvalue weighted by molar-refractivity contribution is -0.152. The number of nitrogens with zero attached hydrogens (tertiary/aromatic N) is 6. The maximum atomic E-state index is 15.2. The van der Waals surface area contributed by atoms with Gasteiger partial charge in [0.05, 0.1) is 67.1 Å². The molecule has 752 valence electrons. The van der Waals surface area contributed by atoms with Crippen molar-refractivity contribution >= 4 is 121 Å². The van der Waals surface area contributed by atoms with Gasteiger partial charge in [0, 0.05) is 155 Å². The number of likely N-dealkylation sites (tertiary alicyclic amines) is 4. The molecule has 8 heterocycles. The van der Waals surface area contributed by atoms with E-state index in [9.17, 15) is 71.1 Å². The monoisotopic (exact) mass is 1930 g/mol. The van der Waals surface area contributed by atoms with E-state index in [0.29, 0.717) is 105 Å². The fourth-order valence-corrected chi connectivity index (χ4v) is 18.7. The molecule has 138 heavy (non-hydrogen) atoms. The molecule has 0 saturated carbocycles. The summed E-state index contributed by atoms with van der Waals surface area (Å²) in [5.74, 6) is -7.28. The zero-order valence-electron chi connectivity index (χ0n) is 83.0. The zero-order valence-corrected chi connectivity index (χ0v) is 83.0. The molecule has 4 saturated heterocycles. The van der Waals surface area contributed by atoms with Gasteiger partial charge in [0.15, 0.2) is 5.78 Å². The van der Waals surface area contributed by atoms with Crippen LogP contribution in [0.2, 0.25) is 0 Å². The number of rotatable bonds is 29. The standard InChI is InChI=1S/C57H77F2N7O12.C38H46F2N6O6.C6H12O2/c1-15-34(21-48(69)30(3)63(13)54(73)77-56(7,8)9)52(71)65-28-39(75-32(5)67)24-37(65)26-43-41-19-17-35(58)22-46(41)60-49(43)50-44(42-20-18-36(59)23-47(42)61-50)27-38-25-40(76-33(6)68)29-66(38)53(72)45(16-2)62-51(70)31(4)64(14)55(74)78-57(10,11)12;1-5-31(41)37(49)45-17-25(51-19(3)47)13-23(45)15-29-27-9-7-21(39)11-33(27)43-35(29)36-30(28-10-8-22(40)12-34(28)44-36)16-24-14-26(52-20(4)48)18-46(24)38(50)32(42)6-2;1-5(7)8-6(2,3)4/h17-20,22-23,30-31,34,37-40,45,60-61H,15-16,21,24-29H2,1-14H3,(H,62,70);7-12,23-26,31-32,43-44H,5-6,13-18,41-42H2,1-4H3;1-4H3/t30-,31-,34+,37-,38-,39-,40-,45-;23-,24-,25-,26-,31-,32-;/m00./s1. The van der Waals surface area contributed by atoms with Crippen molar-refractivity contribution in [3.63, 3.8) is 0 Å². The Kier molecular flexibility index (Phi) is 35.1. The number of hydrogen-bond acceptors (Lipinski definition) is 22. The molecule has 4 aromatic heterocycles. The highest BCUT2D eigenvalue weighted by molar-refractivity contribution is 6.00. The average molecular weight is 1930 g/mol. The lowest BCUT2D eigenvalue weighted by atomic mass is 9.93. The highest BCUT2D eigenvalue weighted by atomic mass is 19.1. The molecule has 0 bridgehead atoms. The highest BCUT2D eigenvalue weighted by Gasteiger charge is 2.47. The van der Waals surface area contributed by atoms with E-state index in [-0.39, 0.29) is 106 Å². The summed E-state index contributed by atoms with van der Waals surface area (Å²) in [4.78, 5) is 191. The summed E-state index contributed by atoms with van der Waals surface area (Å²) in [6.45, 7) is 33.1. The molecule has 4 aliphatic rings. The van der Waals surface area contributed by atoms with Crippen LogP contribution >= 0.6 is 0 Å². The number of aromatic amines is 4. The minimum absolute atomic E-state index is 0.00913. The number of ether oxygens (including phenoxy) is 7. The van der Waals surface area contributed by atoms with Crippen molar-refractivity contribution in [2.45, 2.75) is 318 Å². The van der Waals surface area contributed by atoms with Crippen molar-refractivity contribution in [1.29, 1.82) is 0 Å². The van der Waals surface area contributed by atoms with E-state index in [1.165, 1.54) is 109 Å². The molecule has 0 unspecified atom stereocenters. The molecule has 7 amide bonds. The van der Waals surface area contributed by atoms with Crippen molar-refractivity contribution in [2.75, 3.05) is 40.3 Å². The molecule has 4 aromatic carbocycles. The second-order valence-electron chi connectivity index (χ2n) is 39.5. The molecule has 4 fully saturated rings. The average Bonchev–Trinajstić information content (AvgIpc) is 1.59. The molecule has 37 heteroatoms. The minimum atomic E-state index is -1.06. The topological polar surface area (TPSA) is 433 Å². The van der Waals surface area contributed by atoms with Gasteiger partial charge in [-0.25, -0.2) is 27.2 Å². The van der Waals surface area contributed by atoms with Crippen LogP contribution in [0.25, 0.3) is 66.4 Å². The number of likely N-dealkylation sites (N-methyl/N-ethyl adjacent to an activating group) is 2. The van der Waals surface area contributed by atoms with Gasteiger partial charge in [0.25, 0.3) is 0 Å². The second-order valence-corrected chi connectivity index (χ2v) is 39.5. The van der Waals surface area contributed by atoms with Crippen LogP contribution in [-0.2, 0) is 112 Å². The second kappa shape index (κ2) is 45.0. The van der Waals surface area contributed by atoms with Gasteiger partial charge in [-0.2, -0.15) is 0 Å². The summed E-state index contributed by atoms with van der Waals surface area (Å²) < 4.78 is 98.0. The smallest absolute Gasteiger partial charge is 0.410 e. The third-order valence-electron chi connectivity index (χ3n) is 25.3. The van der Waals surface area contributed by atoms with Crippen LogP contribution in [0.4, 0.5) is 27.2 Å². The molecule has 0 spiro atoms. The summed E-state index contributed by atoms with van der Waals surface area (Å²) >= 11 is 0. The van der Waals surface area contributed by atoms with Crippen molar-refractivity contribution in [3.8, 4) is 22.8 Å². The number of hydrogen-bond donors (Lipinski definition) is 7. The van der Waals surface area contributed by atoms with Gasteiger partial charge < -0.3 is 94.4 Å². The third-order valence-corrected chi connectivity index (χ3v) is 25.3. The summed E-state index contributed by atoms with van der Waals surface area (Å²) in [6, 6.07) is 10.8. The number of ketones is 1. The van der Waals surface area contributed by atoms with E-state index in [1.54, 1.807) is 106 Å². The summed E-state index contributed by atoms with van der Waals surface area (Å²) in [5, 5.41) is 5.45. The molecule has 12 rings (SSSR count). The first kappa shape index (κ1) is 108. The normalized spacial score (nSPS) is 19.6. The molecule has 33 nitrogen and oxygen atoms in total. The number of halogens is 4. The van der Waals surface area contributed by atoms with Crippen molar-refractivity contribution < 1.29 is 113 Å². The lowest BCUT2D eigenvalue weighted by Crippen LogP contribution is -2.55. The number of H-pyrrole nitrogens is 4. The van der Waals surface area contributed by atoms with Gasteiger partial charge >= 0.3 is 42.0 Å². The van der Waals surface area contributed by atoms with Crippen LogP contribution in [0.3, 0.4) is 0 Å².